The van der Waals surface area contributed by atoms with Crippen LogP contribution in [0.25, 0.3) is 12.2 Å². The van der Waals surface area contributed by atoms with Gasteiger partial charge in [0, 0.05) is 82.2 Å². The zero-order valence-corrected chi connectivity index (χ0v) is 13.3. The number of hydrogen-bond acceptors (Lipinski definition) is 2. The van der Waals surface area contributed by atoms with E-state index in [1.165, 1.54) is 6.08 Å². The molecule has 68 valence electrons. The molecule has 1 amide bonds. The molecule has 1 aromatic rings. The minimum Gasteiger partial charge on any atom is -0.267 e. The Bertz CT molecular complexity index is 618. The molecule has 2 radical (unpaired) electrons. The molecule has 1 aromatic carbocycles. The largest absolute Gasteiger partial charge is 0.270 e. The first-order valence-electron chi connectivity index (χ1n) is 4.33. The van der Waals surface area contributed by atoms with Crippen molar-refractivity contribution < 1.29 is 4.79 Å². The van der Waals surface area contributed by atoms with Crippen LogP contribution in [0, 0.1) is 0 Å². The van der Waals surface area contributed by atoms with Gasteiger partial charge < -0.3 is 0 Å². The summed E-state index contributed by atoms with van der Waals surface area (Å²) in [4.78, 5) is 19.3. The Morgan fingerprint density at radius 2 is 1.88 bits per heavy atom. The number of amides is 1. The van der Waals surface area contributed by atoms with Gasteiger partial charge in [0.25, 0.3) is 5.91 Å². The van der Waals surface area contributed by atoms with Crippen molar-refractivity contribution in [1.82, 2.24) is 0 Å². The Morgan fingerprint density at radius 1 is 1.06 bits per heavy atom. The molecule has 16 heavy (non-hydrogen) atoms. The number of fused-ring (bicyclic) bond motifs is 3. The second-order valence-corrected chi connectivity index (χ2v) is 3.16. The van der Waals surface area contributed by atoms with Gasteiger partial charge in [0.2, 0.25) is 0 Å². The monoisotopic (exact) mass is 228 g/mol. The summed E-state index contributed by atoms with van der Waals surface area (Å²) in [6.45, 7) is 0. The van der Waals surface area contributed by atoms with Crippen LogP contribution in [0.4, 0.5) is 5.69 Å². The molecule has 2 aliphatic rings. The molecule has 0 saturated carbocycles. The maximum Gasteiger partial charge on any atom is 0.270 e. The molecule has 0 aliphatic carbocycles. The van der Waals surface area contributed by atoms with Crippen LogP contribution in [0.2, 0.25) is 0 Å². The zero-order chi connectivity index (χ0) is 9.54. The van der Waals surface area contributed by atoms with Gasteiger partial charge in [0.15, 0.2) is 0 Å². The summed E-state index contributed by atoms with van der Waals surface area (Å²) >= 11 is 0. The molecule has 5 heteroatoms. The van der Waals surface area contributed by atoms with Crippen LogP contribution in [0.15, 0.2) is 28.2 Å². The van der Waals surface area contributed by atoms with Crippen LogP contribution >= 0.6 is 0 Å². The number of rotatable bonds is 0. The van der Waals surface area contributed by atoms with Crippen molar-refractivity contribution in [2.24, 2.45) is 9.98 Å². The molecule has 0 saturated heterocycles. The smallest absolute Gasteiger partial charge is 0.267 e. The topological polar surface area (TPSA) is 41.8 Å². The van der Waals surface area contributed by atoms with Gasteiger partial charge in [-0.15, -0.1) is 0 Å². The molecule has 0 aromatic heterocycles. The summed E-state index contributed by atoms with van der Waals surface area (Å²) < 4.78 is 0. The maximum absolute atomic E-state index is 11.1. The van der Waals surface area contributed by atoms with Crippen molar-refractivity contribution in [3.8, 4) is 0 Å². The summed E-state index contributed by atoms with van der Waals surface area (Å²) in [5.74, 6) is -0.203. The molecule has 0 bridgehead atoms. The normalized spacial score (nSPS) is 13.9. The van der Waals surface area contributed by atoms with E-state index in [9.17, 15) is 4.79 Å². The fraction of sp³-hybridized carbons (Fsp3) is 0. The van der Waals surface area contributed by atoms with Gasteiger partial charge in [-0.3, -0.25) is 9.79 Å². The number of carbonyl (C=O) groups is 1. The first-order valence-corrected chi connectivity index (χ1v) is 4.33. The summed E-state index contributed by atoms with van der Waals surface area (Å²) in [5.41, 5.74) is 1.86. The zero-order valence-electron chi connectivity index (χ0n) is 9.27. The van der Waals surface area contributed by atoms with Gasteiger partial charge in [-0.25, -0.2) is 4.99 Å². The number of aliphatic imine (C=N–C) groups is 1. The van der Waals surface area contributed by atoms with E-state index in [2.05, 4.69) is 9.98 Å². The first-order chi connectivity index (χ1) is 6.84. The maximum atomic E-state index is 11.1. The van der Waals surface area contributed by atoms with E-state index in [1.54, 1.807) is 12.3 Å². The summed E-state index contributed by atoms with van der Waals surface area (Å²) in [6, 6.07) is 3.86. The second kappa shape index (κ2) is 5.54. The third-order valence-electron chi connectivity index (χ3n) is 2.31. The SMILES string of the molecule is O=C1C=Cc2ccc3c(c2=N1)=CC=N3.[Na].[Na]. The van der Waals surface area contributed by atoms with E-state index in [-0.39, 0.29) is 65.0 Å². The van der Waals surface area contributed by atoms with Gasteiger partial charge in [0.05, 0.1) is 11.0 Å². The summed E-state index contributed by atoms with van der Waals surface area (Å²) in [6.07, 6.45) is 6.87. The molecular weight excluding hydrogens is 222 g/mol. The van der Waals surface area contributed by atoms with Crippen LogP contribution < -0.4 is 10.6 Å². The molecule has 0 fully saturated rings. The Labute approximate surface area is 137 Å². The first kappa shape index (κ1) is 14.0. The molecule has 3 rings (SSSR count). The molecule has 0 atom stereocenters. The quantitative estimate of drug-likeness (QED) is 0.557. The molecule has 0 unspecified atom stereocenters. The molecule has 0 N–H and O–H groups in total. The second-order valence-electron chi connectivity index (χ2n) is 3.16. The fourth-order valence-electron chi connectivity index (χ4n) is 1.65. The van der Waals surface area contributed by atoms with Crippen molar-refractivity contribution in [2.75, 3.05) is 0 Å². The average Bonchev–Trinajstić information content (AvgIpc) is 2.65. The van der Waals surface area contributed by atoms with Crippen LogP contribution in [0.1, 0.15) is 5.56 Å². The van der Waals surface area contributed by atoms with Crippen LogP contribution in [-0.4, -0.2) is 71.2 Å². The van der Waals surface area contributed by atoms with Gasteiger partial charge >= 0.3 is 0 Å². The van der Waals surface area contributed by atoms with Crippen LogP contribution in [-0.2, 0) is 4.79 Å². The van der Waals surface area contributed by atoms with Crippen molar-refractivity contribution in [1.29, 1.82) is 0 Å². The Balaban J connectivity index is 0.000000640. The van der Waals surface area contributed by atoms with Gasteiger partial charge in [-0.2, -0.15) is 0 Å². The number of hydrogen-bond donors (Lipinski definition) is 0. The van der Waals surface area contributed by atoms with Gasteiger partial charge in [-0.1, -0.05) is 6.07 Å². The van der Waals surface area contributed by atoms with E-state index in [4.69, 9.17) is 0 Å². The molecule has 2 aliphatic heterocycles. The van der Waals surface area contributed by atoms with Gasteiger partial charge in [0.1, 0.15) is 0 Å². The van der Waals surface area contributed by atoms with Gasteiger partial charge in [-0.05, 0) is 18.2 Å². The van der Waals surface area contributed by atoms with Crippen molar-refractivity contribution in [3.63, 3.8) is 0 Å². The minimum absolute atomic E-state index is 0. The number of nitrogens with zero attached hydrogens (tertiary/aromatic N) is 2. The molecular formula is C11H6N2Na2O. The minimum atomic E-state index is -0.203. The third kappa shape index (κ3) is 2.30. The van der Waals surface area contributed by atoms with E-state index >= 15 is 0 Å². The van der Waals surface area contributed by atoms with E-state index in [0.29, 0.717) is 0 Å². The standard InChI is InChI=1S/C11H6N2O.2Na/c14-10-4-2-7-1-3-9-8(5-6-12-9)11(7)13-10;;/h1-6H;;. The predicted molar refractivity (Wildman–Crippen MR) is 65.4 cm³/mol. The molecule has 0 spiro atoms. The number of carbonyl (C=O) groups excluding carboxylic acids is 1. The number of benzene rings is 1. The van der Waals surface area contributed by atoms with Crippen molar-refractivity contribution in [3.05, 3.63) is 34.3 Å². The Hall–Kier alpha value is -0.0300. The van der Waals surface area contributed by atoms with E-state index in [1.807, 2.05) is 18.2 Å². The predicted octanol–water partition coefficient (Wildman–Crippen LogP) is -0.406. The van der Waals surface area contributed by atoms with Crippen LogP contribution in [0.3, 0.4) is 0 Å². The fourth-order valence-corrected chi connectivity index (χ4v) is 1.65. The third-order valence-corrected chi connectivity index (χ3v) is 2.31. The van der Waals surface area contributed by atoms with Crippen LogP contribution in [0.5, 0.6) is 0 Å². The van der Waals surface area contributed by atoms with E-state index < -0.39 is 0 Å². The Kier molecular flexibility index (Phi) is 4.86. The van der Waals surface area contributed by atoms with Crippen molar-refractivity contribution in [2.45, 2.75) is 0 Å². The average molecular weight is 228 g/mol. The molecule has 3 nitrogen and oxygen atoms in total. The Morgan fingerprint density at radius 3 is 2.69 bits per heavy atom. The van der Waals surface area contributed by atoms with Crippen molar-refractivity contribution >= 4 is 89.1 Å². The summed E-state index contributed by atoms with van der Waals surface area (Å²) in [5, 5.41) is 1.69. The molecule has 2 heterocycles. The summed E-state index contributed by atoms with van der Waals surface area (Å²) in [7, 11) is 0. The van der Waals surface area contributed by atoms with E-state index in [0.717, 1.165) is 21.8 Å².